The van der Waals surface area contributed by atoms with Gasteiger partial charge in [-0.15, -0.1) is 18.3 Å². The first kappa shape index (κ1) is 18.3. The number of aryl methyl sites for hydroxylation is 1. The van der Waals surface area contributed by atoms with Gasteiger partial charge in [-0.25, -0.2) is 4.98 Å². The summed E-state index contributed by atoms with van der Waals surface area (Å²) in [5.41, 5.74) is 1.06. The lowest BCUT2D eigenvalue weighted by molar-refractivity contribution is -0.274. The summed E-state index contributed by atoms with van der Waals surface area (Å²) in [5.74, 6) is 0.0250. The van der Waals surface area contributed by atoms with Gasteiger partial charge in [0, 0.05) is 11.9 Å². The van der Waals surface area contributed by atoms with Crippen molar-refractivity contribution in [3.63, 3.8) is 0 Å². The van der Waals surface area contributed by atoms with Crippen LogP contribution in [-0.2, 0) is 0 Å². The third kappa shape index (κ3) is 3.17. The standard InChI is InChI=1S/C17H12F3N5O2S/c1-9-13-12(25-15(21-9)22-16(23-25)28-2)7-8-24(14(13)26)10-3-5-11(6-4-10)27-17(18,19)20/h3-8H,1-2H3. The van der Waals surface area contributed by atoms with Crippen molar-refractivity contribution in [2.24, 2.45) is 0 Å². The molecule has 4 rings (SSSR count). The normalized spacial score (nSPS) is 12.0. The Labute approximate surface area is 159 Å². The molecule has 11 heteroatoms. The number of hydrogen-bond donors (Lipinski definition) is 0. The number of pyridine rings is 1. The van der Waals surface area contributed by atoms with Crippen molar-refractivity contribution in [2.75, 3.05) is 6.26 Å². The van der Waals surface area contributed by atoms with Crippen molar-refractivity contribution in [3.8, 4) is 11.4 Å². The van der Waals surface area contributed by atoms with Gasteiger partial charge >= 0.3 is 6.36 Å². The van der Waals surface area contributed by atoms with E-state index in [-0.39, 0.29) is 11.3 Å². The lowest BCUT2D eigenvalue weighted by Gasteiger charge is -2.11. The highest BCUT2D eigenvalue weighted by Gasteiger charge is 2.31. The molecule has 0 bridgehead atoms. The minimum Gasteiger partial charge on any atom is -0.406 e. The van der Waals surface area contributed by atoms with E-state index in [0.29, 0.717) is 33.2 Å². The molecule has 0 radical (unpaired) electrons. The van der Waals surface area contributed by atoms with Crippen LogP contribution < -0.4 is 10.3 Å². The molecule has 0 unspecified atom stereocenters. The molecule has 7 nitrogen and oxygen atoms in total. The Balaban J connectivity index is 1.85. The van der Waals surface area contributed by atoms with Gasteiger partial charge in [-0.2, -0.15) is 9.50 Å². The summed E-state index contributed by atoms with van der Waals surface area (Å²) in [5, 5.41) is 5.21. The van der Waals surface area contributed by atoms with Gasteiger partial charge in [0.05, 0.1) is 16.6 Å². The molecule has 0 aliphatic carbocycles. The molecule has 0 amide bonds. The molecule has 3 heterocycles. The summed E-state index contributed by atoms with van der Waals surface area (Å²) in [4.78, 5) is 21.6. The summed E-state index contributed by atoms with van der Waals surface area (Å²) in [6.45, 7) is 1.70. The molecule has 0 saturated heterocycles. The molecule has 0 saturated carbocycles. The first-order valence-corrected chi connectivity index (χ1v) is 9.18. The zero-order chi connectivity index (χ0) is 20.1. The molecule has 0 fully saturated rings. The number of nitrogens with zero attached hydrogens (tertiary/aromatic N) is 5. The van der Waals surface area contributed by atoms with E-state index in [1.54, 1.807) is 13.0 Å². The Bertz CT molecular complexity index is 1250. The summed E-state index contributed by atoms with van der Waals surface area (Å²) >= 11 is 1.36. The second-order valence-electron chi connectivity index (χ2n) is 5.80. The lowest BCUT2D eigenvalue weighted by atomic mass is 10.2. The topological polar surface area (TPSA) is 74.3 Å². The van der Waals surface area contributed by atoms with Crippen molar-refractivity contribution >= 4 is 28.4 Å². The van der Waals surface area contributed by atoms with Gasteiger partial charge in [0.2, 0.25) is 5.16 Å². The molecule has 144 valence electrons. The number of rotatable bonds is 3. The minimum atomic E-state index is -4.77. The van der Waals surface area contributed by atoms with E-state index in [1.807, 2.05) is 6.26 Å². The molecule has 1 aromatic carbocycles. The van der Waals surface area contributed by atoms with Gasteiger partial charge < -0.3 is 4.74 Å². The van der Waals surface area contributed by atoms with Gasteiger partial charge in [-0.05, 0) is 43.5 Å². The van der Waals surface area contributed by atoms with Crippen molar-refractivity contribution in [3.05, 3.63) is 52.6 Å². The summed E-state index contributed by atoms with van der Waals surface area (Å²) < 4.78 is 43.6. The first-order chi connectivity index (χ1) is 13.3. The summed E-state index contributed by atoms with van der Waals surface area (Å²) in [6.07, 6.45) is -1.41. The van der Waals surface area contributed by atoms with Crippen LogP contribution in [-0.4, -0.2) is 36.8 Å². The zero-order valence-electron chi connectivity index (χ0n) is 14.6. The molecule has 0 N–H and O–H groups in total. The van der Waals surface area contributed by atoms with Gasteiger partial charge in [0.1, 0.15) is 5.75 Å². The van der Waals surface area contributed by atoms with Crippen LogP contribution in [0.5, 0.6) is 5.75 Å². The van der Waals surface area contributed by atoms with Crippen LogP contribution in [0.15, 0.2) is 46.5 Å². The summed E-state index contributed by atoms with van der Waals surface area (Å²) in [6, 6.07) is 6.73. The van der Waals surface area contributed by atoms with Gasteiger partial charge in [0.15, 0.2) is 0 Å². The van der Waals surface area contributed by atoms with E-state index < -0.39 is 6.36 Å². The highest BCUT2D eigenvalue weighted by Crippen LogP contribution is 2.24. The third-order valence-electron chi connectivity index (χ3n) is 4.03. The number of alkyl halides is 3. The number of ether oxygens (including phenoxy) is 1. The number of fused-ring (bicyclic) bond motifs is 3. The third-order valence-corrected chi connectivity index (χ3v) is 4.57. The molecule has 0 aliphatic heterocycles. The predicted octanol–water partition coefficient (Wildman–Crippen LogP) is 3.36. The predicted molar refractivity (Wildman–Crippen MR) is 97.1 cm³/mol. The largest absolute Gasteiger partial charge is 0.573 e. The molecule has 0 spiro atoms. The highest BCUT2D eigenvalue weighted by molar-refractivity contribution is 7.98. The van der Waals surface area contributed by atoms with Crippen LogP contribution >= 0.6 is 11.8 Å². The first-order valence-electron chi connectivity index (χ1n) is 7.96. The van der Waals surface area contributed by atoms with Crippen LogP contribution in [0.2, 0.25) is 0 Å². The molecule has 4 aromatic rings. The van der Waals surface area contributed by atoms with E-state index in [1.165, 1.54) is 39.2 Å². The molecular weight excluding hydrogens is 395 g/mol. The number of halogens is 3. The molecule has 0 aliphatic rings. The summed E-state index contributed by atoms with van der Waals surface area (Å²) in [7, 11) is 0. The Morgan fingerprint density at radius 3 is 2.46 bits per heavy atom. The zero-order valence-corrected chi connectivity index (χ0v) is 15.4. The number of aromatic nitrogens is 5. The number of hydrogen-bond acceptors (Lipinski definition) is 6. The number of benzene rings is 1. The quantitative estimate of drug-likeness (QED) is 0.485. The van der Waals surface area contributed by atoms with Crippen LogP contribution in [0.3, 0.4) is 0 Å². The molecular formula is C17H12F3N5O2S. The van der Waals surface area contributed by atoms with E-state index in [4.69, 9.17) is 0 Å². The van der Waals surface area contributed by atoms with Gasteiger partial charge in [0.25, 0.3) is 11.3 Å². The van der Waals surface area contributed by atoms with Crippen molar-refractivity contribution in [1.82, 2.24) is 24.1 Å². The Hall–Kier alpha value is -3.08. The Kier molecular flexibility index (Phi) is 4.26. The maximum Gasteiger partial charge on any atom is 0.573 e. The molecule has 0 atom stereocenters. The van der Waals surface area contributed by atoms with E-state index in [9.17, 15) is 18.0 Å². The van der Waals surface area contributed by atoms with Crippen LogP contribution in [0, 0.1) is 6.92 Å². The van der Waals surface area contributed by atoms with Gasteiger partial charge in [-0.3, -0.25) is 9.36 Å². The molecule has 28 heavy (non-hydrogen) atoms. The minimum absolute atomic E-state index is 0.350. The number of thioether (sulfide) groups is 1. The fourth-order valence-corrected chi connectivity index (χ4v) is 3.20. The van der Waals surface area contributed by atoms with Gasteiger partial charge in [-0.1, -0.05) is 11.8 Å². The van der Waals surface area contributed by atoms with Crippen LogP contribution in [0.25, 0.3) is 22.4 Å². The SMILES string of the molecule is CSc1nc2nc(C)c3c(=O)n(-c4ccc(OC(F)(F)F)cc4)ccc3n2n1. The maximum atomic E-state index is 13.0. The lowest BCUT2D eigenvalue weighted by Crippen LogP contribution is -2.20. The van der Waals surface area contributed by atoms with Crippen molar-refractivity contribution < 1.29 is 17.9 Å². The smallest absolute Gasteiger partial charge is 0.406 e. The van der Waals surface area contributed by atoms with E-state index in [0.717, 1.165) is 12.1 Å². The fourth-order valence-electron chi connectivity index (χ4n) is 2.87. The second-order valence-corrected chi connectivity index (χ2v) is 6.57. The average molecular weight is 407 g/mol. The average Bonchev–Trinajstić information content (AvgIpc) is 3.04. The van der Waals surface area contributed by atoms with Crippen molar-refractivity contribution in [2.45, 2.75) is 18.4 Å². The maximum absolute atomic E-state index is 13.0. The second kappa shape index (κ2) is 6.51. The highest BCUT2D eigenvalue weighted by atomic mass is 32.2. The monoisotopic (exact) mass is 407 g/mol. The van der Waals surface area contributed by atoms with Crippen LogP contribution in [0.4, 0.5) is 13.2 Å². The van der Waals surface area contributed by atoms with E-state index >= 15 is 0 Å². The van der Waals surface area contributed by atoms with Crippen molar-refractivity contribution in [1.29, 1.82) is 0 Å². The Morgan fingerprint density at radius 2 is 1.82 bits per heavy atom. The Morgan fingerprint density at radius 1 is 1.11 bits per heavy atom. The molecule has 3 aromatic heterocycles. The van der Waals surface area contributed by atoms with E-state index in [2.05, 4.69) is 19.8 Å². The van der Waals surface area contributed by atoms with Crippen LogP contribution in [0.1, 0.15) is 5.69 Å². The fraction of sp³-hybridized carbons (Fsp3) is 0.176.